The molecule has 1 heterocycles. The summed E-state index contributed by atoms with van der Waals surface area (Å²) < 4.78 is 28.6. The van der Waals surface area contributed by atoms with E-state index in [1.165, 1.54) is 4.31 Å². The Morgan fingerprint density at radius 3 is 2.26 bits per heavy atom. The maximum atomic E-state index is 13.7. The fraction of sp³-hybridized carbons (Fsp3) is 0.333. The molecule has 0 bridgehead atoms. The van der Waals surface area contributed by atoms with Crippen molar-refractivity contribution in [2.24, 2.45) is 0 Å². The maximum absolute atomic E-state index is 13.7. The number of aryl methyl sites for hydroxylation is 2. The average Bonchev–Trinajstić information content (AvgIpc) is 3.45. The van der Waals surface area contributed by atoms with Crippen molar-refractivity contribution in [1.82, 2.24) is 9.21 Å². The molecule has 1 fully saturated rings. The van der Waals surface area contributed by atoms with Crippen LogP contribution in [-0.2, 0) is 32.5 Å². The number of anilines is 1. The van der Waals surface area contributed by atoms with Gasteiger partial charge in [-0.3, -0.25) is 9.59 Å². The van der Waals surface area contributed by atoms with E-state index in [0.717, 1.165) is 42.6 Å². The van der Waals surface area contributed by atoms with Crippen molar-refractivity contribution in [2.45, 2.75) is 44.4 Å². The summed E-state index contributed by atoms with van der Waals surface area (Å²) in [6, 6.07) is 22.1. The first kappa shape index (κ1) is 27.5. The van der Waals surface area contributed by atoms with Crippen LogP contribution in [-0.4, -0.2) is 55.6 Å². The summed E-state index contributed by atoms with van der Waals surface area (Å²) in [7, 11) is -3.91. The molecule has 0 saturated carbocycles. The Labute approximate surface area is 225 Å². The van der Waals surface area contributed by atoms with Crippen LogP contribution in [0.2, 0.25) is 0 Å². The predicted octanol–water partition coefficient (Wildman–Crippen LogP) is 4.34. The number of benzene rings is 3. The molecule has 200 valence electrons. The van der Waals surface area contributed by atoms with Gasteiger partial charge in [0.1, 0.15) is 0 Å². The second kappa shape index (κ2) is 12.4. The Hall–Kier alpha value is -3.49. The molecule has 0 aromatic heterocycles. The summed E-state index contributed by atoms with van der Waals surface area (Å²) in [5, 5.41) is 2.82. The van der Waals surface area contributed by atoms with Gasteiger partial charge in [-0.1, -0.05) is 54.6 Å². The van der Waals surface area contributed by atoms with Crippen LogP contribution in [0.3, 0.4) is 0 Å². The smallest absolute Gasteiger partial charge is 0.243 e. The van der Waals surface area contributed by atoms with Crippen LogP contribution in [0.15, 0.2) is 77.7 Å². The molecule has 4 rings (SSSR count). The van der Waals surface area contributed by atoms with Crippen LogP contribution in [0.4, 0.5) is 5.69 Å². The zero-order chi connectivity index (χ0) is 27.1. The molecule has 0 aliphatic carbocycles. The second-order valence-electron chi connectivity index (χ2n) is 9.85. The Kier molecular flexibility index (Phi) is 8.97. The van der Waals surface area contributed by atoms with Gasteiger partial charge >= 0.3 is 0 Å². The van der Waals surface area contributed by atoms with Gasteiger partial charge in [-0.25, -0.2) is 8.42 Å². The summed E-state index contributed by atoms with van der Waals surface area (Å²) >= 11 is 0. The molecule has 1 aliphatic rings. The van der Waals surface area contributed by atoms with Gasteiger partial charge in [0, 0.05) is 25.3 Å². The molecule has 0 radical (unpaired) electrons. The number of rotatable bonds is 10. The van der Waals surface area contributed by atoms with Crippen molar-refractivity contribution in [3.8, 4) is 0 Å². The third-order valence-corrected chi connectivity index (χ3v) is 8.81. The van der Waals surface area contributed by atoms with E-state index in [4.69, 9.17) is 0 Å². The predicted molar refractivity (Wildman–Crippen MR) is 149 cm³/mol. The minimum absolute atomic E-state index is 0.116. The molecular formula is C30H35N3O4S. The molecule has 1 N–H and O–H groups in total. The summed E-state index contributed by atoms with van der Waals surface area (Å²) in [5.41, 5.74) is 3.90. The van der Waals surface area contributed by atoms with Crippen LogP contribution in [0.5, 0.6) is 0 Å². The second-order valence-corrected chi connectivity index (χ2v) is 11.8. The van der Waals surface area contributed by atoms with Crippen molar-refractivity contribution in [2.75, 3.05) is 31.5 Å². The van der Waals surface area contributed by atoms with Gasteiger partial charge in [-0.05, 0) is 73.6 Å². The van der Waals surface area contributed by atoms with E-state index in [-0.39, 0.29) is 23.9 Å². The number of hydrogen-bond acceptors (Lipinski definition) is 4. The Morgan fingerprint density at radius 1 is 0.895 bits per heavy atom. The molecule has 3 aromatic rings. The fourth-order valence-electron chi connectivity index (χ4n) is 4.63. The van der Waals surface area contributed by atoms with E-state index >= 15 is 0 Å². The number of amides is 2. The third kappa shape index (κ3) is 7.08. The zero-order valence-electron chi connectivity index (χ0n) is 22.0. The average molecular weight is 534 g/mol. The minimum atomic E-state index is -3.91. The molecule has 1 saturated heterocycles. The Balaban J connectivity index is 1.45. The first-order valence-electron chi connectivity index (χ1n) is 13.0. The number of carbonyl (C=O) groups excluding carboxylic acids is 2. The number of nitrogens with one attached hydrogen (secondary N) is 1. The molecule has 0 spiro atoms. The van der Waals surface area contributed by atoms with Crippen LogP contribution < -0.4 is 5.32 Å². The Morgan fingerprint density at radius 2 is 1.58 bits per heavy atom. The number of carbonyl (C=O) groups is 2. The summed E-state index contributed by atoms with van der Waals surface area (Å²) in [4.78, 5) is 27.5. The molecule has 8 heteroatoms. The fourth-order valence-corrected chi connectivity index (χ4v) is 6.33. The SMILES string of the molecule is Cc1ccc(C)c(S(=O)(=O)N(CCc2ccccc2)CC(=O)Nc2ccc(CC(=O)N3CCCC3)cc2)c1. The van der Waals surface area contributed by atoms with Crippen molar-refractivity contribution >= 4 is 27.5 Å². The minimum Gasteiger partial charge on any atom is -0.342 e. The van der Waals surface area contributed by atoms with E-state index < -0.39 is 15.9 Å². The normalized spacial score (nSPS) is 13.6. The van der Waals surface area contributed by atoms with E-state index in [2.05, 4.69) is 5.32 Å². The highest BCUT2D eigenvalue weighted by Crippen LogP contribution is 2.22. The van der Waals surface area contributed by atoms with Gasteiger partial charge in [-0.15, -0.1) is 0 Å². The Bertz CT molecular complexity index is 1370. The largest absolute Gasteiger partial charge is 0.342 e. The highest BCUT2D eigenvalue weighted by molar-refractivity contribution is 7.89. The quantitative estimate of drug-likeness (QED) is 0.420. The van der Waals surface area contributed by atoms with E-state index in [1.807, 2.05) is 60.4 Å². The van der Waals surface area contributed by atoms with Gasteiger partial charge in [-0.2, -0.15) is 4.31 Å². The first-order chi connectivity index (χ1) is 18.2. The number of likely N-dealkylation sites (tertiary alicyclic amines) is 1. The van der Waals surface area contributed by atoms with Gasteiger partial charge < -0.3 is 10.2 Å². The molecule has 1 aliphatic heterocycles. The van der Waals surface area contributed by atoms with Crippen molar-refractivity contribution in [3.05, 3.63) is 95.1 Å². The lowest BCUT2D eigenvalue weighted by atomic mass is 10.1. The highest BCUT2D eigenvalue weighted by Gasteiger charge is 2.28. The van der Waals surface area contributed by atoms with Gasteiger partial charge in [0.05, 0.1) is 17.9 Å². The lowest BCUT2D eigenvalue weighted by molar-refractivity contribution is -0.129. The molecule has 38 heavy (non-hydrogen) atoms. The topological polar surface area (TPSA) is 86.8 Å². The lowest BCUT2D eigenvalue weighted by Crippen LogP contribution is -2.39. The molecule has 0 unspecified atom stereocenters. The lowest BCUT2D eigenvalue weighted by Gasteiger charge is -2.23. The third-order valence-electron chi connectivity index (χ3n) is 6.83. The molecular weight excluding hydrogens is 498 g/mol. The monoisotopic (exact) mass is 533 g/mol. The standard InChI is InChI=1S/C30H35N3O4S/c1-23-10-11-24(2)28(20-23)38(36,37)33(19-16-25-8-4-3-5-9-25)22-29(34)31-27-14-12-26(13-15-27)21-30(35)32-17-6-7-18-32/h3-5,8-15,20H,6-7,16-19,21-22H2,1-2H3,(H,31,34). The highest BCUT2D eigenvalue weighted by atomic mass is 32.2. The zero-order valence-corrected chi connectivity index (χ0v) is 22.8. The molecule has 0 atom stereocenters. The van der Waals surface area contributed by atoms with Gasteiger partial charge in [0.15, 0.2) is 0 Å². The van der Waals surface area contributed by atoms with Crippen molar-refractivity contribution in [1.29, 1.82) is 0 Å². The molecule has 2 amide bonds. The van der Waals surface area contributed by atoms with Crippen LogP contribution in [0.1, 0.15) is 35.1 Å². The van der Waals surface area contributed by atoms with Crippen molar-refractivity contribution in [3.63, 3.8) is 0 Å². The summed E-state index contributed by atoms with van der Waals surface area (Å²) in [6.07, 6.45) is 2.92. The molecule has 3 aromatic carbocycles. The number of nitrogens with zero attached hydrogens (tertiary/aromatic N) is 2. The first-order valence-corrected chi connectivity index (χ1v) is 14.4. The van der Waals surface area contributed by atoms with Gasteiger partial charge in [0.25, 0.3) is 0 Å². The van der Waals surface area contributed by atoms with Gasteiger partial charge in [0.2, 0.25) is 21.8 Å². The van der Waals surface area contributed by atoms with Crippen molar-refractivity contribution < 1.29 is 18.0 Å². The van der Waals surface area contributed by atoms with Crippen LogP contribution in [0.25, 0.3) is 0 Å². The number of hydrogen-bond donors (Lipinski definition) is 1. The van der Waals surface area contributed by atoms with E-state index in [9.17, 15) is 18.0 Å². The summed E-state index contributed by atoms with van der Waals surface area (Å²) in [6.45, 7) is 5.11. The van der Waals surface area contributed by atoms with E-state index in [1.54, 1.807) is 31.2 Å². The van der Waals surface area contributed by atoms with Crippen LogP contribution in [0, 0.1) is 13.8 Å². The van der Waals surface area contributed by atoms with E-state index in [0.29, 0.717) is 24.1 Å². The number of sulfonamides is 1. The maximum Gasteiger partial charge on any atom is 0.243 e. The summed E-state index contributed by atoms with van der Waals surface area (Å²) in [5.74, 6) is -0.308. The molecule has 7 nitrogen and oxygen atoms in total. The van der Waals surface area contributed by atoms with Crippen LogP contribution >= 0.6 is 0 Å².